The molecule has 126 valence electrons. The number of halogens is 3. The molecule has 5 nitrogen and oxygen atoms in total. The van der Waals surface area contributed by atoms with Crippen LogP contribution in [0.2, 0.25) is 0 Å². The summed E-state index contributed by atoms with van der Waals surface area (Å²) in [6, 6.07) is 0. The molecule has 0 atom stereocenters. The van der Waals surface area contributed by atoms with Crippen LogP contribution < -0.4 is 0 Å². The fraction of sp³-hybridized carbons (Fsp3) is 0.429. The van der Waals surface area contributed by atoms with Crippen molar-refractivity contribution in [3.05, 3.63) is 22.1 Å². The zero-order valence-electron chi connectivity index (χ0n) is 12.8. The largest absolute Gasteiger partial charge is 0.451 e. The Morgan fingerprint density at radius 3 is 2.67 bits per heavy atom. The summed E-state index contributed by atoms with van der Waals surface area (Å²) in [6.45, 7) is 1.78. The van der Waals surface area contributed by atoms with Crippen molar-refractivity contribution < 1.29 is 13.2 Å². The first kappa shape index (κ1) is 15.8. The Morgan fingerprint density at radius 2 is 1.96 bits per heavy atom. The van der Waals surface area contributed by atoms with Gasteiger partial charge in [0, 0.05) is 17.3 Å². The van der Waals surface area contributed by atoms with Crippen molar-refractivity contribution in [3.63, 3.8) is 0 Å². The number of rotatable bonds is 2. The van der Waals surface area contributed by atoms with E-state index in [1.807, 2.05) is 0 Å². The number of aryl methyl sites for hydroxylation is 3. The minimum absolute atomic E-state index is 0.166. The molecule has 10 heteroatoms. The fourth-order valence-electron chi connectivity index (χ4n) is 2.87. The molecule has 0 saturated carbocycles. The van der Waals surface area contributed by atoms with Gasteiger partial charge < -0.3 is 4.57 Å². The summed E-state index contributed by atoms with van der Waals surface area (Å²) in [5.74, 6) is -0.411. The number of alkyl halides is 3. The molecule has 0 aliphatic heterocycles. The van der Waals surface area contributed by atoms with Crippen molar-refractivity contribution in [2.45, 2.75) is 42.5 Å². The van der Waals surface area contributed by atoms with Crippen LogP contribution in [0.15, 0.2) is 10.2 Å². The van der Waals surface area contributed by atoms with E-state index in [4.69, 9.17) is 0 Å². The van der Waals surface area contributed by atoms with Crippen LogP contribution >= 0.6 is 23.1 Å². The molecule has 0 saturated heterocycles. The van der Waals surface area contributed by atoms with E-state index in [0.717, 1.165) is 45.8 Å². The van der Waals surface area contributed by atoms with Crippen molar-refractivity contribution in [2.75, 3.05) is 0 Å². The first-order valence-electron chi connectivity index (χ1n) is 7.28. The summed E-state index contributed by atoms with van der Waals surface area (Å²) in [6.07, 6.45) is -1.44. The predicted molar refractivity (Wildman–Crippen MR) is 84.3 cm³/mol. The molecule has 4 rings (SSSR count). The van der Waals surface area contributed by atoms with Crippen LogP contribution in [0.4, 0.5) is 13.2 Å². The van der Waals surface area contributed by atoms with E-state index in [0.29, 0.717) is 10.9 Å². The topological polar surface area (TPSA) is 56.5 Å². The third-order valence-corrected chi connectivity index (χ3v) is 6.13. The maximum Gasteiger partial charge on any atom is 0.451 e. The Kier molecular flexibility index (Phi) is 3.57. The lowest BCUT2D eigenvalue weighted by Gasteiger charge is -2.07. The van der Waals surface area contributed by atoms with Crippen LogP contribution in [0.5, 0.6) is 0 Å². The number of hydrogen-bond acceptors (Lipinski definition) is 6. The molecule has 0 fully saturated rings. The van der Waals surface area contributed by atoms with Gasteiger partial charge in [-0.25, -0.2) is 9.97 Å². The second-order valence-corrected chi connectivity index (χ2v) is 7.62. The smallest absolute Gasteiger partial charge is 0.301 e. The molecule has 0 amide bonds. The van der Waals surface area contributed by atoms with Gasteiger partial charge in [0.15, 0.2) is 5.16 Å². The molecule has 3 aromatic heterocycles. The van der Waals surface area contributed by atoms with E-state index in [1.54, 1.807) is 18.3 Å². The Labute approximate surface area is 143 Å². The second kappa shape index (κ2) is 5.41. The first-order valence-corrected chi connectivity index (χ1v) is 8.91. The van der Waals surface area contributed by atoms with Gasteiger partial charge in [0.25, 0.3) is 0 Å². The molecular weight excluding hydrogens is 359 g/mol. The fourth-order valence-corrected chi connectivity index (χ4v) is 5.22. The van der Waals surface area contributed by atoms with E-state index in [2.05, 4.69) is 20.2 Å². The maximum absolute atomic E-state index is 12.9. The van der Waals surface area contributed by atoms with Gasteiger partial charge in [0.2, 0.25) is 5.82 Å². The van der Waals surface area contributed by atoms with Crippen LogP contribution in [-0.2, 0) is 26.1 Å². The molecule has 3 heterocycles. The maximum atomic E-state index is 12.9. The van der Waals surface area contributed by atoms with Gasteiger partial charge in [-0.2, -0.15) is 13.2 Å². The number of aromatic nitrogens is 5. The van der Waals surface area contributed by atoms with Gasteiger partial charge in [-0.3, -0.25) is 0 Å². The number of thiophene rings is 1. The normalized spacial score (nSPS) is 14.5. The van der Waals surface area contributed by atoms with Crippen molar-refractivity contribution in [1.29, 1.82) is 0 Å². The van der Waals surface area contributed by atoms with Crippen LogP contribution in [0, 0.1) is 6.92 Å². The molecule has 1 aliphatic rings. The minimum atomic E-state index is -4.53. The quantitative estimate of drug-likeness (QED) is 0.642. The second-order valence-electron chi connectivity index (χ2n) is 5.58. The van der Waals surface area contributed by atoms with Gasteiger partial charge >= 0.3 is 6.18 Å². The summed E-state index contributed by atoms with van der Waals surface area (Å²) in [5.41, 5.74) is 1.23. The van der Waals surface area contributed by atoms with E-state index >= 15 is 0 Å². The molecule has 1 aliphatic carbocycles. The van der Waals surface area contributed by atoms with E-state index < -0.39 is 12.0 Å². The van der Waals surface area contributed by atoms with Crippen molar-refractivity contribution >= 4 is 33.3 Å². The summed E-state index contributed by atoms with van der Waals surface area (Å²) in [7, 11) is 1.31. The third-order valence-electron chi connectivity index (χ3n) is 3.92. The molecule has 3 aromatic rings. The van der Waals surface area contributed by atoms with E-state index in [-0.39, 0.29) is 5.16 Å². The number of nitrogens with zero attached hydrogens (tertiary/aromatic N) is 5. The highest BCUT2D eigenvalue weighted by molar-refractivity contribution is 7.99. The number of fused-ring (bicyclic) bond motifs is 3. The summed E-state index contributed by atoms with van der Waals surface area (Å²) in [5, 5.41) is 8.74. The lowest BCUT2D eigenvalue weighted by Crippen LogP contribution is -2.13. The Hall–Kier alpha value is -1.68. The molecule has 0 spiro atoms. The van der Waals surface area contributed by atoms with Crippen molar-refractivity contribution in [2.24, 2.45) is 7.05 Å². The van der Waals surface area contributed by atoms with Gasteiger partial charge in [-0.05, 0) is 43.5 Å². The highest BCUT2D eigenvalue weighted by atomic mass is 32.2. The Balaban J connectivity index is 1.82. The molecule has 24 heavy (non-hydrogen) atoms. The van der Waals surface area contributed by atoms with E-state index in [9.17, 15) is 13.2 Å². The van der Waals surface area contributed by atoms with Crippen molar-refractivity contribution in [3.8, 4) is 0 Å². The zero-order valence-corrected chi connectivity index (χ0v) is 14.4. The molecular formula is C14H12F3N5S2. The summed E-state index contributed by atoms with van der Waals surface area (Å²) in [4.78, 5) is 11.1. The zero-order chi connectivity index (χ0) is 17.1. The van der Waals surface area contributed by atoms with Crippen LogP contribution in [-0.4, -0.2) is 24.7 Å². The SMILES string of the molecule is Cc1nc(Sc2nnc(C(F)(F)F)n2C)c2c3c(sc2n1)CCC3. The van der Waals surface area contributed by atoms with Crippen LogP contribution in [0.3, 0.4) is 0 Å². The average molecular weight is 371 g/mol. The molecule has 0 radical (unpaired) electrons. The van der Waals surface area contributed by atoms with Gasteiger partial charge in [-0.1, -0.05) is 0 Å². The minimum Gasteiger partial charge on any atom is -0.301 e. The monoisotopic (exact) mass is 371 g/mol. The number of hydrogen-bond donors (Lipinski definition) is 0. The van der Waals surface area contributed by atoms with Crippen LogP contribution in [0.25, 0.3) is 10.2 Å². The average Bonchev–Trinajstić information content (AvgIpc) is 3.12. The molecule has 0 unspecified atom stereocenters. The molecule has 0 N–H and O–H groups in total. The summed E-state index contributed by atoms with van der Waals surface area (Å²) >= 11 is 2.76. The van der Waals surface area contributed by atoms with E-state index in [1.165, 1.54) is 17.5 Å². The molecule has 0 bridgehead atoms. The lowest BCUT2D eigenvalue weighted by molar-refractivity contribution is -0.147. The summed E-state index contributed by atoms with van der Waals surface area (Å²) < 4.78 is 39.6. The predicted octanol–water partition coefficient (Wildman–Crippen LogP) is 3.79. The Morgan fingerprint density at radius 1 is 1.17 bits per heavy atom. The lowest BCUT2D eigenvalue weighted by atomic mass is 10.2. The van der Waals surface area contributed by atoms with Gasteiger partial charge in [0.05, 0.1) is 0 Å². The van der Waals surface area contributed by atoms with Crippen LogP contribution in [0.1, 0.15) is 28.5 Å². The highest BCUT2D eigenvalue weighted by Gasteiger charge is 2.37. The molecule has 0 aromatic carbocycles. The standard InChI is InChI=1S/C14H12F3N5S2/c1-6-18-10-9(7-4-3-5-8(7)23-10)11(19-6)24-13-21-20-12(22(13)2)14(15,16)17/h3-5H2,1-2H3. The van der Waals surface area contributed by atoms with Crippen molar-refractivity contribution in [1.82, 2.24) is 24.7 Å². The Bertz CT molecular complexity index is 944. The third kappa shape index (κ3) is 2.48. The van der Waals surface area contributed by atoms with Gasteiger partial charge in [0.1, 0.15) is 15.7 Å². The van der Waals surface area contributed by atoms with Gasteiger partial charge in [-0.15, -0.1) is 21.5 Å². The first-order chi connectivity index (χ1) is 11.3. The highest BCUT2D eigenvalue weighted by Crippen LogP contribution is 2.42.